The van der Waals surface area contributed by atoms with Crippen LogP contribution in [0.15, 0.2) is 5.16 Å². The summed E-state index contributed by atoms with van der Waals surface area (Å²) in [6.07, 6.45) is -0.0556. The molecule has 0 amide bonds. The van der Waals surface area contributed by atoms with Gasteiger partial charge in [0.05, 0.1) is 0 Å². The second-order valence-electron chi connectivity index (χ2n) is 0.211. The minimum Gasteiger partial charge on any atom is -0.865 e. The average molecular weight is 59.0 g/mol. The van der Waals surface area contributed by atoms with E-state index < -0.39 is 0 Å². The topological polar surface area (TPSA) is 58.5 Å². The third-order valence-corrected chi connectivity index (χ3v) is 0.0430. The maximum absolute atomic E-state index is 8.69. The van der Waals surface area contributed by atoms with Crippen LogP contribution in [0.3, 0.4) is 0 Å². The van der Waals surface area contributed by atoms with Crippen molar-refractivity contribution in [3.8, 4) is 0 Å². The van der Waals surface area contributed by atoms with Crippen LogP contribution in [0.25, 0.3) is 0 Å². The summed E-state index contributed by atoms with van der Waals surface area (Å²) in [4.78, 5) is 0. The first kappa shape index (κ1) is 3.27. The summed E-state index contributed by atoms with van der Waals surface area (Å²) in [6.45, 7) is 0. The van der Waals surface area contributed by atoms with E-state index in [2.05, 4.69) is 0 Å². The van der Waals surface area contributed by atoms with Gasteiger partial charge in [-0.3, -0.25) is 0 Å². The molecule has 0 atom stereocenters. The van der Waals surface area contributed by atoms with Crippen LogP contribution in [0.2, 0.25) is 0 Å². The van der Waals surface area contributed by atoms with Gasteiger partial charge < -0.3 is 15.5 Å². The summed E-state index contributed by atoms with van der Waals surface area (Å²) >= 11 is 0. The molecule has 0 saturated heterocycles. The third-order valence-electron chi connectivity index (χ3n) is 0.0430. The Morgan fingerprint density at radius 2 is 2.00 bits per heavy atom. The first-order chi connectivity index (χ1) is 1.91. The van der Waals surface area contributed by atoms with Gasteiger partial charge in [-0.2, -0.15) is 0 Å². The van der Waals surface area contributed by atoms with E-state index in [-0.39, 0.29) is 6.40 Å². The molecule has 3 heteroatoms. The average Bonchev–Trinajstić information content (AvgIpc) is 1.37. The molecule has 3 nitrogen and oxygen atoms in total. The van der Waals surface area contributed by atoms with Crippen molar-refractivity contribution in [3.05, 3.63) is 5.21 Å². The van der Waals surface area contributed by atoms with Gasteiger partial charge in [-0.15, -0.1) is 0 Å². The fraction of sp³-hybridized carbons (Fsp3) is 0. The van der Waals surface area contributed by atoms with Gasteiger partial charge in [-0.25, -0.2) is 0 Å². The van der Waals surface area contributed by atoms with Gasteiger partial charge in [0.1, 0.15) is 0 Å². The minimum absolute atomic E-state index is 0.0556. The number of nitrogens with zero attached hydrogens (tertiary/aromatic N) is 1. The largest absolute Gasteiger partial charge is 0.865 e. The summed E-state index contributed by atoms with van der Waals surface area (Å²) < 4.78 is 0. The molecule has 0 aliphatic rings. The minimum atomic E-state index is -0.0556. The zero-order chi connectivity index (χ0) is 3.41. The predicted octanol–water partition coefficient (Wildman–Crippen LogP) is -1.13. The van der Waals surface area contributed by atoms with E-state index >= 15 is 0 Å². The van der Waals surface area contributed by atoms with Crippen molar-refractivity contribution in [2.75, 3.05) is 0 Å². The van der Waals surface area contributed by atoms with Gasteiger partial charge in [-0.05, 0) is 0 Å². The second kappa shape index (κ2) is 2.27. The van der Waals surface area contributed by atoms with Crippen molar-refractivity contribution in [3.63, 3.8) is 0 Å². The zero-order valence-electron chi connectivity index (χ0n) is 1.84. The van der Waals surface area contributed by atoms with Crippen molar-refractivity contribution < 1.29 is 5.11 Å². The lowest BCUT2D eigenvalue weighted by Gasteiger charge is -1.88. The molecular weight excluding hydrogens is 58.0 g/mol. The quantitative estimate of drug-likeness (QED) is 0.201. The van der Waals surface area contributed by atoms with Crippen LogP contribution in [-0.2, 0) is 0 Å². The van der Waals surface area contributed by atoms with Crippen LogP contribution in [0.4, 0.5) is 0 Å². The number of hydrogen-bond acceptors (Lipinski definition) is 3. The molecule has 0 rings (SSSR count). The van der Waals surface area contributed by atoms with Crippen LogP contribution < -0.4 is 5.11 Å². The summed E-state index contributed by atoms with van der Waals surface area (Å²) in [7, 11) is 0. The maximum Gasteiger partial charge on any atom is -0.0637 e. The Morgan fingerprint density at radius 1 is 1.75 bits per heavy atom. The monoisotopic (exact) mass is 59.0 g/mol. The van der Waals surface area contributed by atoms with Crippen LogP contribution in [0.5, 0.6) is 0 Å². The van der Waals surface area contributed by atoms with Gasteiger partial charge in [0.2, 0.25) is 0 Å². The first-order valence-electron chi connectivity index (χ1n) is 0.676. The number of rotatable bonds is 0. The zero-order valence-corrected chi connectivity index (χ0v) is 1.84. The van der Waals surface area contributed by atoms with E-state index in [0.717, 1.165) is 0 Å². The molecule has 0 N–H and O–H groups in total. The molecule has 0 saturated carbocycles. The molecule has 4 heavy (non-hydrogen) atoms. The van der Waals surface area contributed by atoms with Gasteiger partial charge in [0, 0.05) is 0 Å². The van der Waals surface area contributed by atoms with Crippen molar-refractivity contribution in [1.82, 2.24) is 0 Å². The third kappa shape index (κ3) is 1.27. The van der Waals surface area contributed by atoms with E-state index in [1.54, 1.807) is 5.16 Å². The Balaban J connectivity index is 2.55. The number of hydrogen-bond donors (Lipinski definition) is 0. The molecule has 0 spiro atoms. The van der Waals surface area contributed by atoms with E-state index in [9.17, 15) is 0 Å². The summed E-state index contributed by atoms with van der Waals surface area (Å²) in [5, 5.41) is 19.1. The van der Waals surface area contributed by atoms with E-state index in [1.165, 1.54) is 0 Å². The molecule has 0 unspecified atom stereocenters. The highest BCUT2D eigenvalue weighted by molar-refractivity contribution is 5.39. The van der Waals surface area contributed by atoms with Crippen molar-refractivity contribution in [1.29, 1.82) is 0 Å². The molecule has 0 fully saturated rings. The lowest BCUT2D eigenvalue weighted by atomic mass is 11.6. The normalized spacial score (nSPS) is 9.00. The highest BCUT2D eigenvalue weighted by Gasteiger charge is 1.05. The molecule has 24 valence electrons. The Hall–Kier alpha value is -0.730. The van der Waals surface area contributed by atoms with Crippen LogP contribution in [0.1, 0.15) is 0 Å². The molecular formula is CHNO2-2. The summed E-state index contributed by atoms with van der Waals surface area (Å²) in [5.41, 5.74) is 0. The predicted molar refractivity (Wildman–Crippen MR) is 11.9 cm³/mol. The van der Waals surface area contributed by atoms with Gasteiger partial charge >= 0.3 is 0 Å². The lowest BCUT2D eigenvalue weighted by Crippen LogP contribution is -1.93. The Kier molecular flexibility index (Phi) is 1.86. The summed E-state index contributed by atoms with van der Waals surface area (Å²) in [5.74, 6) is 0. The van der Waals surface area contributed by atoms with E-state index in [4.69, 9.17) is 10.3 Å². The highest BCUT2D eigenvalue weighted by atomic mass is 16.5. The Morgan fingerprint density at radius 3 is 2.00 bits per heavy atom. The molecule has 0 heterocycles. The smallest absolute Gasteiger partial charge is 0.0637 e. The first-order valence-corrected chi connectivity index (χ1v) is 0.676. The SMILES string of the molecule is [O-]C=N[O-]. The molecule has 0 aromatic rings. The van der Waals surface area contributed by atoms with Crippen LogP contribution >= 0.6 is 0 Å². The van der Waals surface area contributed by atoms with Gasteiger partial charge in [0.15, 0.2) is 0 Å². The van der Waals surface area contributed by atoms with E-state index in [0.29, 0.717) is 0 Å². The molecule has 0 bridgehead atoms. The van der Waals surface area contributed by atoms with Gasteiger partial charge in [0.25, 0.3) is 0 Å². The van der Waals surface area contributed by atoms with Crippen LogP contribution in [-0.4, -0.2) is 6.40 Å². The Labute approximate surface area is 23.2 Å². The molecule has 0 radical (unpaired) electrons. The molecule has 0 aromatic heterocycles. The summed E-state index contributed by atoms with van der Waals surface area (Å²) in [6, 6.07) is 0. The van der Waals surface area contributed by atoms with Crippen LogP contribution in [0, 0.1) is 5.21 Å². The van der Waals surface area contributed by atoms with Crippen molar-refractivity contribution in [2.45, 2.75) is 0 Å². The second-order valence-corrected chi connectivity index (χ2v) is 0.211. The highest BCUT2D eigenvalue weighted by Crippen LogP contribution is 1.35. The molecule has 0 aliphatic carbocycles. The van der Waals surface area contributed by atoms with Crippen molar-refractivity contribution in [2.24, 2.45) is 5.16 Å². The fourth-order valence-corrected chi connectivity index (χ4v) is 0. The molecule has 0 aromatic carbocycles. The fourth-order valence-electron chi connectivity index (χ4n) is 0. The standard InChI is InChI=1S/CH3NO2/c3-1-2-4/h1,4H,(H,2,3)/p-2. The lowest BCUT2D eigenvalue weighted by molar-refractivity contribution is -0.200. The van der Waals surface area contributed by atoms with E-state index in [1.807, 2.05) is 0 Å². The van der Waals surface area contributed by atoms with Crippen molar-refractivity contribution >= 4 is 6.40 Å². The van der Waals surface area contributed by atoms with Gasteiger partial charge in [-0.1, -0.05) is 6.40 Å². The Bertz CT molecular complexity index is 21.2. The maximum atomic E-state index is 8.69. The molecule has 0 aliphatic heterocycles.